The highest BCUT2D eigenvalue weighted by Crippen LogP contribution is 2.37. The van der Waals surface area contributed by atoms with Crippen molar-refractivity contribution in [3.63, 3.8) is 0 Å². The van der Waals surface area contributed by atoms with Crippen molar-refractivity contribution in [2.75, 3.05) is 7.11 Å². The van der Waals surface area contributed by atoms with Crippen LogP contribution in [0.1, 0.15) is 32.6 Å². The maximum atomic E-state index is 12.2. The van der Waals surface area contributed by atoms with Crippen LogP contribution in [0.5, 0.6) is 5.75 Å². The molecule has 0 spiro atoms. The number of aromatic amines is 1. The summed E-state index contributed by atoms with van der Waals surface area (Å²) >= 11 is 0. The first-order valence-electron chi connectivity index (χ1n) is 8.88. The Morgan fingerprint density at radius 2 is 1.78 bits per heavy atom. The van der Waals surface area contributed by atoms with Crippen molar-refractivity contribution in [2.24, 2.45) is 0 Å². The maximum absolute atomic E-state index is 12.2. The number of nitrogens with one attached hydrogen (secondary N) is 1. The molecule has 0 amide bonds. The molecule has 3 aromatic carbocycles. The van der Waals surface area contributed by atoms with Gasteiger partial charge in [-0.3, -0.25) is 0 Å². The molecule has 27 heavy (non-hydrogen) atoms. The summed E-state index contributed by atoms with van der Waals surface area (Å²) in [6.07, 6.45) is 0.736. The van der Waals surface area contributed by atoms with Gasteiger partial charge in [0.25, 0.3) is 0 Å². The van der Waals surface area contributed by atoms with Crippen molar-refractivity contribution >= 4 is 27.8 Å². The fourth-order valence-corrected chi connectivity index (χ4v) is 3.91. The van der Waals surface area contributed by atoms with Crippen LogP contribution >= 0.6 is 0 Å². The summed E-state index contributed by atoms with van der Waals surface area (Å²) in [7, 11) is 1.36. The Morgan fingerprint density at radius 3 is 2.48 bits per heavy atom. The van der Waals surface area contributed by atoms with Gasteiger partial charge in [0.05, 0.1) is 23.6 Å². The molecule has 0 bridgehead atoms. The van der Waals surface area contributed by atoms with Gasteiger partial charge >= 0.3 is 5.97 Å². The highest BCUT2D eigenvalue weighted by atomic mass is 16.5. The Kier molecular flexibility index (Phi) is 4.11. The Morgan fingerprint density at radius 1 is 1.04 bits per heavy atom. The maximum Gasteiger partial charge on any atom is 0.338 e. The van der Waals surface area contributed by atoms with E-state index >= 15 is 0 Å². The van der Waals surface area contributed by atoms with Crippen molar-refractivity contribution in [2.45, 2.75) is 20.3 Å². The number of carbonyl (C=O) groups excluding carboxylic acids is 1. The Bertz CT molecular complexity index is 1170. The fourth-order valence-electron chi connectivity index (χ4n) is 3.91. The summed E-state index contributed by atoms with van der Waals surface area (Å²) in [6.45, 7) is 4.18. The molecule has 0 aliphatic heterocycles. The number of esters is 1. The lowest BCUT2D eigenvalue weighted by molar-refractivity contribution is 0.0603. The number of carbonyl (C=O) groups is 1. The topological polar surface area (TPSA) is 62.3 Å². The number of fused-ring (bicyclic) bond motifs is 3. The van der Waals surface area contributed by atoms with E-state index in [4.69, 9.17) is 4.74 Å². The number of methoxy groups -OCH3 is 1. The monoisotopic (exact) mass is 359 g/mol. The van der Waals surface area contributed by atoms with E-state index in [0.29, 0.717) is 16.3 Å². The van der Waals surface area contributed by atoms with Crippen molar-refractivity contribution < 1.29 is 14.6 Å². The number of hydrogen-bond donors (Lipinski definition) is 2. The van der Waals surface area contributed by atoms with Gasteiger partial charge in [-0.15, -0.1) is 0 Å². The number of aryl methyl sites for hydroxylation is 2. The van der Waals surface area contributed by atoms with E-state index in [1.807, 2.05) is 18.2 Å². The molecule has 0 aliphatic carbocycles. The third-order valence-electron chi connectivity index (χ3n) is 4.93. The average Bonchev–Trinajstić information content (AvgIpc) is 3.03. The van der Waals surface area contributed by atoms with Gasteiger partial charge in [-0.2, -0.15) is 0 Å². The lowest BCUT2D eigenvalue weighted by Gasteiger charge is -2.08. The number of hydrogen-bond acceptors (Lipinski definition) is 3. The summed E-state index contributed by atoms with van der Waals surface area (Å²) in [5.41, 5.74) is 6.83. The van der Waals surface area contributed by atoms with Crippen LogP contribution in [0.15, 0.2) is 48.5 Å². The predicted molar refractivity (Wildman–Crippen MR) is 108 cm³/mol. The smallest absolute Gasteiger partial charge is 0.338 e. The molecule has 1 heterocycles. The van der Waals surface area contributed by atoms with Gasteiger partial charge in [-0.25, -0.2) is 4.79 Å². The molecule has 0 atom stereocenters. The number of aromatic nitrogens is 1. The first kappa shape index (κ1) is 17.2. The molecule has 1 aromatic heterocycles. The van der Waals surface area contributed by atoms with E-state index in [2.05, 4.69) is 37.0 Å². The minimum Gasteiger partial charge on any atom is -0.507 e. The standard InChI is InChI=1S/C23H21NO3/c1-13-9-14(2)11-15(10-13)12-16-7-8-19(25)21-20-17(23(26)27-3)5-4-6-18(20)24-22(16)21/h4-11,24-25H,12H2,1-3H3. The number of H-pyrrole nitrogens is 1. The molecule has 136 valence electrons. The second kappa shape index (κ2) is 6.47. The molecular formula is C23H21NO3. The highest BCUT2D eigenvalue weighted by molar-refractivity contribution is 6.19. The third kappa shape index (κ3) is 2.93. The van der Waals surface area contributed by atoms with E-state index in [1.165, 1.54) is 23.8 Å². The quantitative estimate of drug-likeness (QED) is 0.505. The lowest BCUT2D eigenvalue weighted by Crippen LogP contribution is -2.01. The summed E-state index contributed by atoms with van der Waals surface area (Å²) < 4.78 is 4.92. The zero-order valence-electron chi connectivity index (χ0n) is 15.6. The SMILES string of the molecule is COC(=O)c1cccc2[nH]c3c(Cc4cc(C)cc(C)c4)ccc(O)c3c12. The third-order valence-corrected chi connectivity index (χ3v) is 4.93. The van der Waals surface area contributed by atoms with Gasteiger partial charge in [0.1, 0.15) is 5.75 Å². The van der Waals surface area contributed by atoms with Crippen LogP contribution in [0.25, 0.3) is 21.8 Å². The molecule has 4 aromatic rings. The van der Waals surface area contributed by atoms with Gasteiger partial charge in [-0.05, 0) is 49.6 Å². The van der Waals surface area contributed by atoms with Crippen LogP contribution in [-0.2, 0) is 11.2 Å². The molecule has 0 radical (unpaired) electrons. The van der Waals surface area contributed by atoms with Crippen molar-refractivity contribution in [1.29, 1.82) is 0 Å². The van der Waals surface area contributed by atoms with Crippen LogP contribution < -0.4 is 0 Å². The number of benzene rings is 3. The minimum absolute atomic E-state index is 0.150. The molecule has 0 fully saturated rings. The second-order valence-electron chi connectivity index (χ2n) is 7.01. The van der Waals surface area contributed by atoms with Crippen molar-refractivity contribution in [3.05, 3.63) is 76.3 Å². The van der Waals surface area contributed by atoms with Crippen LogP contribution in [0.4, 0.5) is 0 Å². The number of phenols is 1. The van der Waals surface area contributed by atoms with Crippen LogP contribution in [0, 0.1) is 13.8 Å². The molecule has 4 heteroatoms. The van der Waals surface area contributed by atoms with E-state index in [0.717, 1.165) is 23.0 Å². The van der Waals surface area contributed by atoms with Crippen molar-refractivity contribution in [3.8, 4) is 5.75 Å². The van der Waals surface area contributed by atoms with Gasteiger partial charge in [0.2, 0.25) is 0 Å². The molecule has 2 N–H and O–H groups in total. The Balaban J connectivity index is 1.96. The molecule has 0 aliphatic rings. The largest absolute Gasteiger partial charge is 0.507 e. The lowest BCUT2D eigenvalue weighted by atomic mass is 9.98. The van der Waals surface area contributed by atoms with E-state index in [9.17, 15) is 9.90 Å². The molecule has 4 rings (SSSR count). The van der Waals surface area contributed by atoms with Gasteiger partial charge in [0, 0.05) is 10.9 Å². The first-order chi connectivity index (χ1) is 13.0. The number of aromatic hydroxyl groups is 1. The molecule has 4 nitrogen and oxygen atoms in total. The Hall–Kier alpha value is -3.27. The zero-order chi connectivity index (χ0) is 19.1. The predicted octanol–water partition coefficient (Wildman–Crippen LogP) is 5.02. The van der Waals surface area contributed by atoms with Crippen LogP contribution in [-0.4, -0.2) is 23.2 Å². The van der Waals surface area contributed by atoms with Gasteiger partial charge in [0.15, 0.2) is 0 Å². The number of rotatable bonds is 3. The summed E-state index contributed by atoms with van der Waals surface area (Å²) in [4.78, 5) is 15.6. The van der Waals surface area contributed by atoms with Gasteiger partial charge < -0.3 is 14.8 Å². The second-order valence-corrected chi connectivity index (χ2v) is 7.01. The molecule has 0 unspecified atom stereocenters. The van der Waals surface area contributed by atoms with E-state index in [1.54, 1.807) is 12.1 Å². The highest BCUT2D eigenvalue weighted by Gasteiger charge is 2.19. The zero-order valence-corrected chi connectivity index (χ0v) is 15.6. The minimum atomic E-state index is -0.416. The first-order valence-corrected chi connectivity index (χ1v) is 8.88. The van der Waals surface area contributed by atoms with E-state index < -0.39 is 5.97 Å². The average molecular weight is 359 g/mol. The summed E-state index contributed by atoms with van der Waals surface area (Å²) in [5.74, 6) is -0.266. The van der Waals surface area contributed by atoms with Crippen LogP contribution in [0.3, 0.4) is 0 Å². The molecule has 0 saturated carbocycles. The summed E-state index contributed by atoms with van der Waals surface area (Å²) in [5, 5.41) is 11.9. The Labute approximate surface area is 157 Å². The van der Waals surface area contributed by atoms with Crippen molar-refractivity contribution in [1.82, 2.24) is 4.98 Å². The molecule has 0 saturated heterocycles. The van der Waals surface area contributed by atoms with Crippen LogP contribution in [0.2, 0.25) is 0 Å². The summed E-state index contributed by atoms with van der Waals surface area (Å²) in [6, 6.07) is 15.6. The van der Waals surface area contributed by atoms with Gasteiger partial charge in [-0.1, -0.05) is 41.5 Å². The fraction of sp³-hybridized carbons (Fsp3) is 0.174. The molecular weight excluding hydrogens is 338 g/mol. The normalized spacial score (nSPS) is 11.2. The number of ether oxygens (including phenoxy) is 1. The number of phenolic OH excluding ortho intramolecular Hbond substituents is 1. The van der Waals surface area contributed by atoms with E-state index in [-0.39, 0.29) is 5.75 Å².